The standard InChI is InChI=1S/C27H25F9N4O3/c1-13-4-2-5-14(12-13)19-17-6-3-7-18(27(34,35)36)20(17)39-24(43)22(38-19)40-23(42)16(9-11-26(31,32)33)15(21(37)41)8-10-25(28,29)30/h2-7,12,15-16,22H,8-11H2,1H3,(H2,37,41)(H,39,43)(H,40,42)/t15-,16+,22-/m1/s1. The van der Waals surface area contributed by atoms with E-state index in [0.717, 1.165) is 6.07 Å². The molecule has 0 unspecified atom stereocenters. The summed E-state index contributed by atoms with van der Waals surface area (Å²) >= 11 is 0. The van der Waals surface area contributed by atoms with Crippen molar-refractivity contribution in [1.82, 2.24) is 5.32 Å². The minimum Gasteiger partial charge on any atom is -0.369 e. The van der Waals surface area contributed by atoms with E-state index in [1.807, 2.05) is 5.32 Å². The van der Waals surface area contributed by atoms with Crippen LogP contribution in [-0.4, -0.2) is 42.0 Å². The van der Waals surface area contributed by atoms with E-state index in [4.69, 9.17) is 5.73 Å². The summed E-state index contributed by atoms with van der Waals surface area (Å²) in [4.78, 5) is 42.5. The molecule has 0 fully saturated rings. The second-order valence-electron chi connectivity index (χ2n) is 9.90. The van der Waals surface area contributed by atoms with Crippen molar-refractivity contribution in [3.05, 3.63) is 64.7 Å². The average Bonchev–Trinajstić information content (AvgIpc) is 2.99. The van der Waals surface area contributed by atoms with Crippen molar-refractivity contribution >= 4 is 29.1 Å². The molecule has 2 aromatic carbocycles. The smallest absolute Gasteiger partial charge is 0.369 e. The van der Waals surface area contributed by atoms with Crippen LogP contribution in [0.1, 0.15) is 47.9 Å². The van der Waals surface area contributed by atoms with Gasteiger partial charge in [0.25, 0.3) is 5.91 Å². The van der Waals surface area contributed by atoms with Gasteiger partial charge in [0, 0.05) is 35.8 Å². The fraction of sp³-hybridized carbons (Fsp3) is 0.407. The number of alkyl halides is 9. The van der Waals surface area contributed by atoms with Gasteiger partial charge in [0.05, 0.1) is 17.0 Å². The van der Waals surface area contributed by atoms with Crippen LogP contribution in [0.15, 0.2) is 47.5 Å². The lowest BCUT2D eigenvalue weighted by atomic mass is 9.83. The third kappa shape index (κ3) is 8.94. The van der Waals surface area contributed by atoms with Gasteiger partial charge in [-0.15, -0.1) is 0 Å². The van der Waals surface area contributed by atoms with Crippen molar-refractivity contribution in [2.75, 3.05) is 5.32 Å². The van der Waals surface area contributed by atoms with E-state index in [0.29, 0.717) is 11.6 Å². The Balaban J connectivity index is 2.08. The maximum absolute atomic E-state index is 13.9. The van der Waals surface area contributed by atoms with E-state index >= 15 is 0 Å². The van der Waals surface area contributed by atoms with Gasteiger partial charge in [0.1, 0.15) is 0 Å². The van der Waals surface area contributed by atoms with Gasteiger partial charge in [-0.05, 0) is 31.9 Å². The van der Waals surface area contributed by atoms with E-state index in [9.17, 15) is 53.9 Å². The molecule has 4 N–H and O–H groups in total. The molecule has 7 nitrogen and oxygen atoms in total. The maximum atomic E-state index is 13.9. The van der Waals surface area contributed by atoms with Crippen molar-refractivity contribution in [1.29, 1.82) is 0 Å². The molecule has 16 heteroatoms. The van der Waals surface area contributed by atoms with Crippen LogP contribution in [0.2, 0.25) is 0 Å². The number of benzene rings is 2. The molecule has 0 saturated heterocycles. The first kappa shape index (κ1) is 33.4. The molecule has 0 saturated carbocycles. The molecule has 0 aromatic heterocycles. The Hall–Kier alpha value is -4.11. The van der Waals surface area contributed by atoms with Crippen molar-refractivity contribution in [3.63, 3.8) is 0 Å². The monoisotopic (exact) mass is 624 g/mol. The summed E-state index contributed by atoms with van der Waals surface area (Å²) in [5.41, 5.74) is 3.67. The summed E-state index contributed by atoms with van der Waals surface area (Å²) in [6, 6.07) is 9.15. The van der Waals surface area contributed by atoms with Gasteiger partial charge < -0.3 is 16.4 Å². The number of carbonyl (C=O) groups is 3. The number of carbonyl (C=O) groups excluding carboxylic acids is 3. The van der Waals surface area contributed by atoms with Crippen molar-refractivity contribution in [2.45, 2.75) is 57.3 Å². The summed E-state index contributed by atoms with van der Waals surface area (Å²) in [7, 11) is 0. The number of benzodiazepines with no additional fused rings is 1. The Kier molecular flexibility index (Phi) is 9.81. The molecule has 2 aromatic rings. The van der Waals surface area contributed by atoms with Crippen molar-refractivity contribution in [2.24, 2.45) is 22.6 Å². The van der Waals surface area contributed by atoms with E-state index in [1.54, 1.807) is 19.1 Å². The van der Waals surface area contributed by atoms with E-state index in [2.05, 4.69) is 10.3 Å². The number of anilines is 1. The predicted molar refractivity (Wildman–Crippen MR) is 136 cm³/mol. The zero-order chi connectivity index (χ0) is 32.3. The molecule has 0 spiro atoms. The van der Waals surface area contributed by atoms with Crippen LogP contribution in [-0.2, 0) is 20.6 Å². The highest BCUT2D eigenvalue weighted by atomic mass is 19.4. The average molecular weight is 625 g/mol. The number of amides is 3. The number of nitrogens with two attached hydrogens (primary N) is 1. The van der Waals surface area contributed by atoms with Gasteiger partial charge in [-0.3, -0.25) is 14.4 Å². The number of nitrogens with one attached hydrogen (secondary N) is 2. The molecule has 3 atom stereocenters. The molecule has 3 rings (SSSR count). The summed E-state index contributed by atoms with van der Waals surface area (Å²) in [5.74, 6) is -8.38. The first-order chi connectivity index (χ1) is 19.8. The third-order valence-corrected chi connectivity index (χ3v) is 6.62. The van der Waals surface area contributed by atoms with Crippen LogP contribution in [0.5, 0.6) is 0 Å². The second-order valence-corrected chi connectivity index (χ2v) is 9.90. The number of aryl methyl sites for hydroxylation is 1. The Labute approximate surface area is 238 Å². The number of rotatable bonds is 9. The Morgan fingerprint density at radius 3 is 2.05 bits per heavy atom. The molecule has 0 radical (unpaired) electrons. The minimum atomic E-state index is -4.95. The Morgan fingerprint density at radius 1 is 0.930 bits per heavy atom. The van der Waals surface area contributed by atoms with Crippen LogP contribution in [0.4, 0.5) is 45.2 Å². The SMILES string of the molecule is Cc1cccc(C2=N[C@H](NC(=O)[C@@H](CCC(F)(F)F)[C@@H](CCC(F)(F)F)C(N)=O)C(=O)Nc3c2cccc3C(F)(F)F)c1. The lowest BCUT2D eigenvalue weighted by molar-refractivity contribution is -0.152. The number of aliphatic imine (C=N–C) groups is 1. The molecule has 1 aliphatic rings. The second kappa shape index (κ2) is 12.6. The normalized spacial score (nSPS) is 17.2. The van der Waals surface area contributed by atoms with Crippen LogP contribution >= 0.6 is 0 Å². The Bertz CT molecular complexity index is 1400. The Morgan fingerprint density at radius 2 is 1.51 bits per heavy atom. The van der Waals surface area contributed by atoms with E-state index < -0.39 is 91.2 Å². The third-order valence-electron chi connectivity index (χ3n) is 6.62. The van der Waals surface area contributed by atoms with E-state index in [-0.39, 0.29) is 16.8 Å². The summed E-state index contributed by atoms with van der Waals surface area (Å²) in [6.45, 7) is 1.66. The van der Waals surface area contributed by atoms with Crippen LogP contribution in [0.25, 0.3) is 0 Å². The van der Waals surface area contributed by atoms with Gasteiger partial charge in [-0.1, -0.05) is 35.9 Å². The molecular formula is C27H25F9N4O3. The lowest BCUT2D eigenvalue weighted by Crippen LogP contribution is -2.48. The van der Waals surface area contributed by atoms with E-state index in [1.165, 1.54) is 18.2 Å². The summed E-state index contributed by atoms with van der Waals surface area (Å²) in [5, 5.41) is 4.06. The van der Waals surface area contributed by atoms with Crippen molar-refractivity contribution in [3.8, 4) is 0 Å². The topological polar surface area (TPSA) is 114 Å². The number of para-hydroxylation sites is 1. The van der Waals surface area contributed by atoms with Crippen LogP contribution in [0, 0.1) is 18.8 Å². The zero-order valence-corrected chi connectivity index (χ0v) is 22.3. The molecular weight excluding hydrogens is 599 g/mol. The van der Waals surface area contributed by atoms with Gasteiger partial charge in [0.15, 0.2) is 0 Å². The van der Waals surface area contributed by atoms with Gasteiger partial charge in [-0.25, -0.2) is 4.99 Å². The number of halogens is 9. The summed E-state index contributed by atoms with van der Waals surface area (Å²) < 4.78 is 119. The fourth-order valence-electron chi connectivity index (χ4n) is 4.63. The van der Waals surface area contributed by atoms with Gasteiger partial charge in [0.2, 0.25) is 18.0 Å². The zero-order valence-electron chi connectivity index (χ0n) is 22.3. The van der Waals surface area contributed by atoms with Gasteiger partial charge >= 0.3 is 18.5 Å². The molecule has 1 heterocycles. The lowest BCUT2D eigenvalue weighted by Gasteiger charge is -2.26. The number of primary amides is 1. The quantitative estimate of drug-likeness (QED) is 0.314. The highest BCUT2D eigenvalue weighted by Gasteiger charge is 2.42. The number of hydrogen-bond acceptors (Lipinski definition) is 4. The first-order valence-electron chi connectivity index (χ1n) is 12.7. The fourth-order valence-corrected chi connectivity index (χ4v) is 4.63. The molecule has 3 amide bonds. The molecule has 1 aliphatic heterocycles. The highest BCUT2D eigenvalue weighted by molar-refractivity contribution is 6.20. The molecule has 234 valence electrons. The molecule has 43 heavy (non-hydrogen) atoms. The number of hydrogen-bond donors (Lipinski definition) is 3. The van der Waals surface area contributed by atoms with Gasteiger partial charge in [-0.2, -0.15) is 39.5 Å². The number of nitrogens with zero attached hydrogens (tertiary/aromatic N) is 1. The largest absolute Gasteiger partial charge is 0.418 e. The van der Waals surface area contributed by atoms with Crippen LogP contribution < -0.4 is 16.4 Å². The minimum absolute atomic E-state index is 0.195. The maximum Gasteiger partial charge on any atom is 0.418 e. The highest BCUT2D eigenvalue weighted by Crippen LogP contribution is 2.39. The molecule has 0 bridgehead atoms. The predicted octanol–water partition coefficient (Wildman–Crippen LogP) is 5.65. The van der Waals surface area contributed by atoms with Crippen molar-refractivity contribution < 1.29 is 53.9 Å². The summed E-state index contributed by atoms with van der Waals surface area (Å²) in [6.07, 6.45) is -22.3. The number of fused-ring (bicyclic) bond motifs is 1. The van der Waals surface area contributed by atoms with Crippen LogP contribution in [0.3, 0.4) is 0 Å². The molecule has 0 aliphatic carbocycles. The first-order valence-corrected chi connectivity index (χ1v) is 12.7.